The standard InChI is InChI=1S/C16H15F3N2O3/c1-10-14(20-9-24-10)15(22)21-6-7-23-13(8-21)11-2-4-12(5-3-11)16(17,18)19/h2-5,9,13H,6-8H2,1H3. The Labute approximate surface area is 136 Å². The molecule has 8 heteroatoms. The van der Waals surface area contributed by atoms with Crippen LogP contribution < -0.4 is 0 Å². The Morgan fingerprint density at radius 2 is 2.00 bits per heavy atom. The molecule has 0 bridgehead atoms. The number of nitrogens with zero attached hydrogens (tertiary/aromatic N) is 2. The number of ether oxygens (including phenoxy) is 1. The minimum atomic E-state index is -4.38. The molecule has 1 aromatic heterocycles. The van der Waals surface area contributed by atoms with Gasteiger partial charge in [0.1, 0.15) is 11.9 Å². The number of benzene rings is 1. The van der Waals surface area contributed by atoms with Crippen molar-refractivity contribution >= 4 is 5.91 Å². The van der Waals surface area contributed by atoms with E-state index in [0.717, 1.165) is 12.1 Å². The third-order valence-electron chi connectivity index (χ3n) is 3.91. The van der Waals surface area contributed by atoms with Gasteiger partial charge in [-0.2, -0.15) is 13.2 Å². The van der Waals surface area contributed by atoms with Crippen LogP contribution in [0.5, 0.6) is 0 Å². The zero-order valence-electron chi connectivity index (χ0n) is 12.8. The number of morpholine rings is 1. The number of aryl methyl sites for hydroxylation is 1. The fourth-order valence-electron chi connectivity index (χ4n) is 2.58. The van der Waals surface area contributed by atoms with Crippen molar-refractivity contribution in [3.05, 3.63) is 53.2 Å². The van der Waals surface area contributed by atoms with Crippen LogP contribution in [-0.4, -0.2) is 35.5 Å². The molecule has 1 fully saturated rings. The van der Waals surface area contributed by atoms with E-state index in [1.165, 1.54) is 18.5 Å². The van der Waals surface area contributed by atoms with Crippen LogP contribution in [0.15, 0.2) is 35.1 Å². The van der Waals surface area contributed by atoms with Crippen molar-refractivity contribution in [1.82, 2.24) is 9.88 Å². The summed E-state index contributed by atoms with van der Waals surface area (Å²) < 4.78 is 48.5. The van der Waals surface area contributed by atoms with Gasteiger partial charge in [-0.1, -0.05) is 12.1 Å². The van der Waals surface area contributed by atoms with Crippen molar-refractivity contribution in [2.24, 2.45) is 0 Å². The lowest BCUT2D eigenvalue weighted by Gasteiger charge is -2.33. The van der Waals surface area contributed by atoms with Crippen molar-refractivity contribution in [3.63, 3.8) is 0 Å². The summed E-state index contributed by atoms with van der Waals surface area (Å²) in [7, 11) is 0. The van der Waals surface area contributed by atoms with Crippen LogP contribution in [0.2, 0.25) is 0 Å². The van der Waals surface area contributed by atoms with Crippen LogP contribution in [0, 0.1) is 6.92 Å². The Morgan fingerprint density at radius 1 is 1.29 bits per heavy atom. The van der Waals surface area contributed by atoms with E-state index in [-0.39, 0.29) is 18.1 Å². The van der Waals surface area contributed by atoms with Crippen LogP contribution in [-0.2, 0) is 10.9 Å². The molecule has 1 atom stereocenters. The van der Waals surface area contributed by atoms with Gasteiger partial charge in [0.2, 0.25) is 0 Å². The van der Waals surface area contributed by atoms with E-state index >= 15 is 0 Å². The van der Waals surface area contributed by atoms with Crippen molar-refractivity contribution in [3.8, 4) is 0 Å². The predicted octanol–water partition coefficient (Wildman–Crippen LogP) is 3.22. The molecule has 24 heavy (non-hydrogen) atoms. The van der Waals surface area contributed by atoms with Crippen molar-refractivity contribution in [1.29, 1.82) is 0 Å². The summed E-state index contributed by atoms with van der Waals surface area (Å²) >= 11 is 0. The van der Waals surface area contributed by atoms with Gasteiger partial charge in [0.25, 0.3) is 5.91 Å². The average Bonchev–Trinajstić information content (AvgIpc) is 3.00. The minimum Gasteiger partial charge on any atom is -0.448 e. The highest BCUT2D eigenvalue weighted by Crippen LogP contribution is 2.31. The Balaban J connectivity index is 1.74. The van der Waals surface area contributed by atoms with Crippen LogP contribution in [0.1, 0.15) is 33.5 Å². The molecule has 1 aromatic carbocycles. The summed E-state index contributed by atoms with van der Waals surface area (Å²) in [6, 6.07) is 4.79. The van der Waals surface area contributed by atoms with E-state index in [1.54, 1.807) is 11.8 Å². The van der Waals surface area contributed by atoms with E-state index < -0.39 is 17.8 Å². The monoisotopic (exact) mass is 340 g/mol. The summed E-state index contributed by atoms with van der Waals surface area (Å²) in [5.41, 5.74) is 0.119. The number of rotatable bonds is 2. The summed E-state index contributed by atoms with van der Waals surface area (Å²) in [6.45, 7) is 2.58. The largest absolute Gasteiger partial charge is 0.448 e. The first-order valence-corrected chi connectivity index (χ1v) is 7.34. The van der Waals surface area contributed by atoms with Gasteiger partial charge in [0, 0.05) is 6.54 Å². The fourth-order valence-corrected chi connectivity index (χ4v) is 2.58. The number of amides is 1. The van der Waals surface area contributed by atoms with Gasteiger partial charge in [-0.3, -0.25) is 4.79 Å². The Bertz CT molecular complexity index is 725. The number of hydrogen-bond donors (Lipinski definition) is 0. The van der Waals surface area contributed by atoms with Crippen LogP contribution >= 0.6 is 0 Å². The Hall–Kier alpha value is -2.35. The quantitative estimate of drug-likeness (QED) is 0.842. The molecule has 2 aromatic rings. The lowest BCUT2D eigenvalue weighted by Crippen LogP contribution is -2.42. The summed E-state index contributed by atoms with van der Waals surface area (Å²) in [6.07, 6.45) is -3.65. The van der Waals surface area contributed by atoms with Crippen LogP contribution in [0.4, 0.5) is 13.2 Å². The van der Waals surface area contributed by atoms with E-state index in [2.05, 4.69) is 4.98 Å². The number of oxazole rings is 1. The second-order valence-electron chi connectivity index (χ2n) is 5.49. The lowest BCUT2D eigenvalue weighted by molar-refractivity contribution is -0.137. The van der Waals surface area contributed by atoms with Crippen molar-refractivity contribution < 1.29 is 27.1 Å². The third-order valence-corrected chi connectivity index (χ3v) is 3.91. The molecule has 3 rings (SSSR count). The summed E-state index contributed by atoms with van der Waals surface area (Å²) in [5.74, 6) is 0.152. The molecule has 0 radical (unpaired) electrons. The highest BCUT2D eigenvalue weighted by atomic mass is 19.4. The van der Waals surface area contributed by atoms with Crippen molar-refractivity contribution in [2.45, 2.75) is 19.2 Å². The average molecular weight is 340 g/mol. The zero-order valence-corrected chi connectivity index (χ0v) is 12.8. The molecule has 2 heterocycles. The molecule has 1 amide bonds. The van der Waals surface area contributed by atoms with Gasteiger partial charge in [-0.05, 0) is 24.6 Å². The molecule has 0 spiro atoms. The maximum Gasteiger partial charge on any atom is 0.416 e. The number of aromatic nitrogens is 1. The first-order valence-electron chi connectivity index (χ1n) is 7.34. The van der Waals surface area contributed by atoms with Gasteiger partial charge in [0.15, 0.2) is 12.1 Å². The molecular formula is C16H15F3N2O3. The number of hydrogen-bond acceptors (Lipinski definition) is 4. The third kappa shape index (κ3) is 3.28. The van der Waals surface area contributed by atoms with Crippen molar-refractivity contribution in [2.75, 3.05) is 19.7 Å². The minimum absolute atomic E-state index is 0.239. The molecule has 1 aliphatic heterocycles. The normalized spacial score (nSPS) is 18.7. The van der Waals surface area contributed by atoms with Gasteiger partial charge in [-0.25, -0.2) is 4.98 Å². The molecule has 1 unspecified atom stereocenters. The number of carbonyl (C=O) groups excluding carboxylic acids is 1. The molecule has 0 aliphatic carbocycles. The van der Waals surface area contributed by atoms with Gasteiger partial charge < -0.3 is 14.1 Å². The predicted molar refractivity (Wildman–Crippen MR) is 77.3 cm³/mol. The first kappa shape index (κ1) is 16.5. The number of halogens is 3. The van der Waals surface area contributed by atoms with E-state index in [1.807, 2.05) is 0 Å². The SMILES string of the molecule is Cc1ocnc1C(=O)N1CCOC(c2ccc(C(F)(F)F)cc2)C1. The first-order chi connectivity index (χ1) is 11.4. The zero-order chi connectivity index (χ0) is 17.3. The maximum absolute atomic E-state index is 12.6. The molecule has 0 saturated carbocycles. The number of alkyl halides is 3. The topological polar surface area (TPSA) is 55.6 Å². The smallest absolute Gasteiger partial charge is 0.416 e. The second-order valence-corrected chi connectivity index (χ2v) is 5.49. The molecule has 0 N–H and O–H groups in total. The fraction of sp³-hybridized carbons (Fsp3) is 0.375. The Kier molecular flexibility index (Phi) is 4.31. The van der Waals surface area contributed by atoms with E-state index in [0.29, 0.717) is 24.5 Å². The van der Waals surface area contributed by atoms with Gasteiger partial charge >= 0.3 is 6.18 Å². The van der Waals surface area contributed by atoms with E-state index in [9.17, 15) is 18.0 Å². The van der Waals surface area contributed by atoms with Gasteiger partial charge in [-0.15, -0.1) is 0 Å². The highest BCUT2D eigenvalue weighted by Gasteiger charge is 2.32. The molecule has 5 nitrogen and oxygen atoms in total. The van der Waals surface area contributed by atoms with E-state index in [4.69, 9.17) is 9.15 Å². The number of carbonyl (C=O) groups is 1. The second kappa shape index (κ2) is 6.27. The van der Waals surface area contributed by atoms with Gasteiger partial charge in [0.05, 0.1) is 18.7 Å². The summed E-state index contributed by atoms with van der Waals surface area (Å²) in [5, 5.41) is 0. The molecule has 128 valence electrons. The highest BCUT2D eigenvalue weighted by molar-refractivity contribution is 5.93. The Morgan fingerprint density at radius 3 is 2.58 bits per heavy atom. The van der Waals surface area contributed by atoms with Crippen LogP contribution in [0.3, 0.4) is 0 Å². The molecule has 1 aliphatic rings. The molecular weight excluding hydrogens is 325 g/mol. The maximum atomic E-state index is 12.6. The molecule has 1 saturated heterocycles. The van der Waals surface area contributed by atoms with Crippen LogP contribution in [0.25, 0.3) is 0 Å². The lowest BCUT2D eigenvalue weighted by atomic mass is 10.0. The summed E-state index contributed by atoms with van der Waals surface area (Å²) in [4.78, 5) is 17.9.